The smallest absolute Gasteiger partial charge is 0.264 e. The van der Waals surface area contributed by atoms with E-state index in [0.717, 1.165) is 19.9 Å². The van der Waals surface area contributed by atoms with E-state index < -0.39 is 28.5 Å². The summed E-state index contributed by atoms with van der Waals surface area (Å²) in [4.78, 5) is 29.9. The molecule has 0 aliphatic heterocycles. The lowest BCUT2D eigenvalue weighted by Gasteiger charge is -2.34. The number of carbonyl (C=O) groups is 2. The van der Waals surface area contributed by atoms with Crippen molar-refractivity contribution in [1.29, 1.82) is 0 Å². The minimum Gasteiger partial charge on any atom is -0.497 e. The van der Waals surface area contributed by atoms with E-state index in [2.05, 4.69) is 21.2 Å². The molecule has 0 unspecified atom stereocenters. The number of nitrogens with zero attached hydrogens (tertiary/aromatic N) is 2. The van der Waals surface area contributed by atoms with Crippen LogP contribution in [0.25, 0.3) is 0 Å². The summed E-state index contributed by atoms with van der Waals surface area (Å²) in [5.74, 6) is -0.391. The van der Waals surface area contributed by atoms with Gasteiger partial charge in [-0.05, 0) is 79.1 Å². The molecule has 0 aliphatic carbocycles. The van der Waals surface area contributed by atoms with Gasteiger partial charge in [-0.15, -0.1) is 0 Å². The summed E-state index contributed by atoms with van der Waals surface area (Å²) in [6.45, 7) is 3.37. The van der Waals surface area contributed by atoms with Gasteiger partial charge in [0.1, 0.15) is 18.3 Å². The molecule has 1 N–H and O–H groups in total. The quantitative estimate of drug-likeness (QED) is 0.153. The summed E-state index contributed by atoms with van der Waals surface area (Å²) < 4.78 is 35.4. The monoisotopic (exact) mass is 725 g/mol. The molecule has 2 atom stereocenters. The second kappa shape index (κ2) is 16.1. The summed E-state index contributed by atoms with van der Waals surface area (Å²) in [5.41, 5.74) is 1.85. The molecule has 8 nitrogen and oxygen atoms in total. The van der Waals surface area contributed by atoms with Crippen LogP contribution >= 0.6 is 27.5 Å². The van der Waals surface area contributed by atoms with Crippen molar-refractivity contribution >= 4 is 55.1 Å². The fourth-order valence-electron chi connectivity index (χ4n) is 4.82. The van der Waals surface area contributed by atoms with Gasteiger partial charge in [-0.25, -0.2) is 8.42 Å². The van der Waals surface area contributed by atoms with Gasteiger partial charge < -0.3 is 15.0 Å². The summed E-state index contributed by atoms with van der Waals surface area (Å²) in [7, 11) is -2.78. The predicted molar refractivity (Wildman–Crippen MR) is 185 cm³/mol. The Labute approximate surface area is 284 Å². The first-order valence-electron chi connectivity index (χ1n) is 14.8. The number of methoxy groups -OCH3 is 1. The average molecular weight is 727 g/mol. The maximum atomic E-state index is 14.5. The van der Waals surface area contributed by atoms with Gasteiger partial charge in [0.2, 0.25) is 11.8 Å². The van der Waals surface area contributed by atoms with Crippen molar-refractivity contribution in [3.63, 3.8) is 0 Å². The zero-order valence-corrected chi connectivity index (χ0v) is 29.1. The minimum atomic E-state index is -4.27. The van der Waals surface area contributed by atoms with Gasteiger partial charge in [-0.1, -0.05) is 83.0 Å². The molecular formula is C35H37BrClN3O5S. The first kappa shape index (κ1) is 35.0. The average Bonchev–Trinajstić information content (AvgIpc) is 3.06. The molecule has 242 valence electrons. The molecule has 4 aromatic rings. The van der Waals surface area contributed by atoms with E-state index in [4.69, 9.17) is 16.3 Å². The molecule has 4 aromatic carbocycles. The highest BCUT2D eigenvalue weighted by atomic mass is 79.9. The Balaban J connectivity index is 1.80. The van der Waals surface area contributed by atoms with Gasteiger partial charge >= 0.3 is 0 Å². The van der Waals surface area contributed by atoms with Crippen molar-refractivity contribution in [3.05, 3.63) is 124 Å². The Morgan fingerprint density at radius 2 is 1.59 bits per heavy atom. The molecule has 0 aliphatic rings. The summed E-state index contributed by atoms with van der Waals surface area (Å²) in [6.07, 6.45) is 0.931. The number of ether oxygens (including phenoxy) is 1. The topological polar surface area (TPSA) is 96.0 Å². The van der Waals surface area contributed by atoms with Crippen LogP contribution in [-0.4, -0.2) is 50.9 Å². The maximum Gasteiger partial charge on any atom is 0.264 e. The van der Waals surface area contributed by atoms with Crippen LogP contribution < -0.4 is 14.4 Å². The van der Waals surface area contributed by atoms with Crippen LogP contribution in [0.2, 0.25) is 5.02 Å². The molecule has 0 saturated heterocycles. The molecule has 0 radical (unpaired) electrons. The Morgan fingerprint density at radius 3 is 2.20 bits per heavy atom. The van der Waals surface area contributed by atoms with Crippen LogP contribution in [-0.2, 0) is 32.6 Å². The van der Waals surface area contributed by atoms with Crippen LogP contribution in [0.5, 0.6) is 5.75 Å². The van der Waals surface area contributed by atoms with Crippen molar-refractivity contribution in [2.24, 2.45) is 0 Å². The molecule has 11 heteroatoms. The predicted octanol–water partition coefficient (Wildman–Crippen LogP) is 6.86. The van der Waals surface area contributed by atoms with Crippen molar-refractivity contribution in [2.75, 3.05) is 18.0 Å². The third-order valence-electron chi connectivity index (χ3n) is 7.56. The number of hydrogen-bond acceptors (Lipinski definition) is 5. The zero-order valence-electron chi connectivity index (χ0n) is 25.9. The van der Waals surface area contributed by atoms with Crippen LogP contribution in [0.1, 0.15) is 31.4 Å². The number of hydrogen-bond donors (Lipinski definition) is 1. The molecule has 0 fully saturated rings. The van der Waals surface area contributed by atoms with E-state index in [-0.39, 0.29) is 35.5 Å². The number of nitrogens with one attached hydrogen (secondary N) is 1. The lowest BCUT2D eigenvalue weighted by molar-refractivity contribution is -0.140. The molecular weight excluding hydrogens is 690 g/mol. The molecule has 2 amide bonds. The van der Waals surface area contributed by atoms with Crippen LogP contribution in [0.4, 0.5) is 5.69 Å². The summed E-state index contributed by atoms with van der Waals surface area (Å²) in [5, 5.41) is 3.34. The number of anilines is 1. The largest absolute Gasteiger partial charge is 0.497 e. The van der Waals surface area contributed by atoms with Crippen LogP contribution in [0.15, 0.2) is 112 Å². The standard InChI is InChI=1S/C35H37BrClN3O5S/c1-4-25(2)38-35(42)33(21-26-9-6-5-7-10-26)39(23-27-13-15-28(36)16-14-27)34(41)24-40(30-12-8-11-29(37)22-30)46(43,44)32-19-17-31(45-3)18-20-32/h5-20,22,25,33H,4,21,23-24H2,1-3H3,(H,38,42)/t25-,33-/m1/s1. The van der Waals surface area contributed by atoms with Crippen molar-refractivity contribution < 1.29 is 22.7 Å². The second-order valence-electron chi connectivity index (χ2n) is 10.8. The second-order valence-corrected chi connectivity index (χ2v) is 14.1. The van der Waals surface area contributed by atoms with E-state index >= 15 is 0 Å². The highest BCUT2D eigenvalue weighted by Crippen LogP contribution is 2.28. The lowest BCUT2D eigenvalue weighted by Crippen LogP contribution is -2.54. The Bertz CT molecular complexity index is 1720. The Morgan fingerprint density at radius 1 is 0.913 bits per heavy atom. The molecule has 0 heterocycles. The Hall–Kier alpha value is -3.86. The van der Waals surface area contributed by atoms with E-state index in [1.165, 1.54) is 30.2 Å². The van der Waals surface area contributed by atoms with Gasteiger partial charge in [0.25, 0.3) is 10.0 Å². The van der Waals surface area contributed by atoms with E-state index in [0.29, 0.717) is 17.2 Å². The lowest BCUT2D eigenvalue weighted by atomic mass is 10.0. The number of amides is 2. The number of carbonyl (C=O) groups excluding carboxylic acids is 2. The molecule has 0 saturated carbocycles. The third kappa shape index (κ3) is 9.11. The normalized spacial score (nSPS) is 12.5. The summed E-state index contributed by atoms with van der Waals surface area (Å²) in [6, 6.07) is 28.1. The van der Waals surface area contributed by atoms with E-state index in [1.807, 2.05) is 68.4 Å². The molecule has 0 aromatic heterocycles. The SMILES string of the molecule is CC[C@@H](C)NC(=O)[C@@H](Cc1ccccc1)N(Cc1ccc(Br)cc1)C(=O)CN(c1cccc(Cl)c1)S(=O)(=O)c1ccc(OC)cc1. The molecule has 46 heavy (non-hydrogen) atoms. The maximum absolute atomic E-state index is 14.5. The van der Waals surface area contributed by atoms with Crippen LogP contribution in [0, 0.1) is 0 Å². The van der Waals surface area contributed by atoms with E-state index in [9.17, 15) is 18.0 Å². The van der Waals surface area contributed by atoms with Crippen molar-refractivity contribution in [1.82, 2.24) is 10.2 Å². The van der Waals surface area contributed by atoms with Gasteiger partial charge in [-0.3, -0.25) is 13.9 Å². The van der Waals surface area contributed by atoms with Gasteiger partial charge in [0, 0.05) is 28.5 Å². The number of rotatable bonds is 14. The van der Waals surface area contributed by atoms with Gasteiger partial charge in [0.05, 0.1) is 17.7 Å². The molecule has 0 bridgehead atoms. The highest BCUT2D eigenvalue weighted by Gasteiger charge is 2.35. The first-order chi connectivity index (χ1) is 22.0. The zero-order chi connectivity index (χ0) is 33.3. The van der Waals surface area contributed by atoms with Crippen molar-refractivity contribution in [2.45, 2.75) is 50.2 Å². The third-order valence-corrected chi connectivity index (χ3v) is 10.1. The van der Waals surface area contributed by atoms with Gasteiger partial charge in [-0.2, -0.15) is 0 Å². The van der Waals surface area contributed by atoms with Crippen molar-refractivity contribution in [3.8, 4) is 5.75 Å². The first-order valence-corrected chi connectivity index (χ1v) is 17.4. The van der Waals surface area contributed by atoms with E-state index in [1.54, 1.807) is 30.3 Å². The molecule has 0 spiro atoms. The number of benzene rings is 4. The van der Waals surface area contributed by atoms with Gasteiger partial charge in [0.15, 0.2) is 0 Å². The highest BCUT2D eigenvalue weighted by molar-refractivity contribution is 9.10. The fraction of sp³-hybridized carbons (Fsp3) is 0.257. The molecule has 4 rings (SSSR count). The van der Waals surface area contributed by atoms with Crippen LogP contribution in [0.3, 0.4) is 0 Å². The fourth-order valence-corrected chi connectivity index (χ4v) is 6.67. The number of sulfonamides is 1. The summed E-state index contributed by atoms with van der Waals surface area (Å²) >= 11 is 9.75. The number of halogens is 2. The Kier molecular flexibility index (Phi) is 12.3. The minimum absolute atomic E-state index is 0.0316.